The minimum absolute atomic E-state index is 0.526. The summed E-state index contributed by atoms with van der Waals surface area (Å²) >= 11 is 2.31. The Bertz CT molecular complexity index is 344. The standard InChI is InChI=1S/C16H25IO/c1-12(2)9-16(18,10-13(3)4)11-14-5-7-15(17)8-6-14/h5-8,12-13,18H,9-11H2,1-4H3. The maximum atomic E-state index is 10.9. The van der Waals surface area contributed by atoms with Crippen LogP contribution in [0, 0.1) is 15.4 Å². The van der Waals surface area contributed by atoms with Crippen molar-refractivity contribution < 1.29 is 5.11 Å². The van der Waals surface area contributed by atoms with E-state index in [1.165, 1.54) is 9.13 Å². The van der Waals surface area contributed by atoms with E-state index in [4.69, 9.17) is 0 Å². The summed E-state index contributed by atoms with van der Waals surface area (Å²) in [6.07, 6.45) is 2.51. The summed E-state index contributed by atoms with van der Waals surface area (Å²) in [5.74, 6) is 1.05. The van der Waals surface area contributed by atoms with Gasteiger partial charge in [0.25, 0.3) is 0 Å². The van der Waals surface area contributed by atoms with Gasteiger partial charge in [-0.25, -0.2) is 0 Å². The molecule has 0 bridgehead atoms. The quantitative estimate of drug-likeness (QED) is 0.732. The molecule has 0 saturated heterocycles. The zero-order valence-corrected chi connectivity index (χ0v) is 14.1. The van der Waals surface area contributed by atoms with Crippen molar-refractivity contribution in [2.45, 2.75) is 52.6 Å². The molecule has 0 saturated carbocycles. The van der Waals surface area contributed by atoms with Gasteiger partial charge in [-0.2, -0.15) is 0 Å². The summed E-state index contributed by atoms with van der Waals surface area (Å²) in [4.78, 5) is 0. The van der Waals surface area contributed by atoms with E-state index in [2.05, 4.69) is 74.6 Å². The van der Waals surface area contributed by atoms with Gasteiger partial charge in [0.2, 0.25) is 0 Å². The molecular formula is C16H25IO. The van der Waals surface area contributed by atoms with E-state index in [1.54, 1.807) is 0 Å². The van der Waals surface area contributed by atoms with Crippen molar-refractivity contribution in [2.75, 3.05) is 0 Å². The first-order valence-electron chi connectivity index (χ1n) is 6.77. The van der Waals surface area contributed by atoms with Gasteiger partial charge in [-0.05, 0) is 65.0 Å². The van der Waals surface area contributed by atoms with Crippen LogP contribution < -0.4 is 0 Å². The fourth-order valence-electron chi connectivity index (χ4n) is 2.73. The molecule has 0 heterocycles. The molecule has 1 aromatic rings. The summed E-state index contributed by atoms with van der Waals surface area (Å²) in [5, 5.41) is 10.9. The maximum absolute atomic E-state index is 10.9. The average molecular weight is 360 g/mol. The van der Waals surface area contributed by atoms with Gasteiger partial charge in [0.1, 0.15) is 0 Å². The molecular weight excluding hydrogens is 335 g/mol. The third kappa shape index (κ3) is 5.70. The van der Waals surface area contributed by atoms with Crippen molar-refractivity contribution in [3.63, 3.8) is 0 Å². The van der Waals surface area contributed by atoms with Crippen LogP contribution in [0.3, 0.4) is 0 Å². The molecule has 0 aliphatic rings. The summed E-state index contributed by atoms with van der Waals surface area (Å²) < 4.78 is 1.24. The van der Waals surface area contributed by atoms with Gasteiger partial charge in [0.15, 0.2) is 0 Å². The normalized spacial score (nSPS) is 12.4. The van der Waals surface area contributed by atoms with Crippen molar-refractivity contribution in [3.8, 4) is 0 Å². The fourth-order valence-corrected chi connectivity index (χ4v) is 3.09. The van der Waals surface area contributed by atoms with Crippen molar-refractivity contribution in [1.29, 1.82) is 0 Å². The lowest BCUT2D eigenvalue weighted by atomic mass is 9.81. The minimum Gasteiger partial charge on any atom is -0.390 e. The lowest BCUT2D eigenvalue weighted by molar-refractivity contribution is 0.000744. The number of aliphatic hydroxyl groups is 1. The molecule has 0 unspecified atom stereocenters. The summed E-state index contributed by atoms with van der Waals surface area (Å²) in [6.45, 7) is 8.72. The van der Waals surface area contributed by atoms with Crippen LogP contribution in [0.5, 0.6) is 0 Å². The molecule has 0 atom stereocenters. The smallest absolute Gasteiger partial charge is 0.0692 e. The Morgan fingerprint density at radius 2 is 1.44 bits per heavy atom. The predicted octanol–water partition coefficient (Wildman–Crippen LogP) is 4.66. The van der Waals surface area contributed by atoms with Gasteiger partial charge >= 0.3 is 0 Å². The fraction of sp³-hybridized carbons (Fsp3) is 0.625. The average Bonchev–Trinajstić information content (AvgIpc) is 2.18. The first-order valence-corrected chi connectivity index (χ1v) is 7.85. The van der Waals surface area contributed by atoms with Gasteiger partial charge in [0.05, 0.1) is 5.60 Å². The van der Waals surface area contributed by atoms with E-state index in [0.717, 1.165) is 19.3 Å². The first-order chi connectivity index (χ1) is 8.31. The highest BCUT2D eigenvalue weighted by molar-refractivity contribution is 14.1. The Kier molecular flexibility index (Phi) is 6.12. The summed E-state index contributed by atoms with van der Waals surface area (Å²) in [5.41, 5.74) is 0.675. The van der Waals surface area contributed by atoms with Crippen LogP contribution in [-0.4, -0.2) is 10.7 Å². The molecule has 1 aromatic carbocycles. The van der Waals surface area contributed by atoms with E-state index in [-0.39, 0.29) is 0 Å². The van der Waals surface area contributed by atoms with Gasteiger partial charge in [-0.1, -0.05) is 39.8 Å². The molecule has 1 N–H and O–H groups in total. The van der Waals surface area contributed by atoms with Crippen LogP contribution in [0.2, 0.25) is 0 Å². The van der Waals surface area contributed by atoms with Crippen molar-refractivity contribution in [1.82, 2.24) is 0 Å². The maximum Gasteiger partial charge on any atom is 0.0692 e. The van der Waals surface area contributed by atoms with Crippen molar-refractivity contribution in [3.05, 3.63) is 33.4 Å². The highest BCUT2D eigenvalue weighted by atomic mass is 127. The SMILES string of the molecule is CC(C)CC(O)(Cc1ccc(I)cc1)CC(C)C. The Hall–Kier alpha value is -0.0900. The summed E-state index contributed by atoms with van der Waals surface area (Å²) in [7, 11) is 0. The highest BCUT2D eigenvalue weighted by Gasteiger charge is 2.29. The Morgan fingerprint density at radius 3 is 1.83 bits per heavy atom. The molecule has 0 aliphatic heterocycles. The molecule has 2 heteroatoms. The molecule has 0 amide bonds. The van der Waals surface area contributed by atoms with E-state index in [0.29, 0.717) is 11.8 Å². The van der Waals surface area contributed by atoms with Gasteiger partial charge in [-0.15, -0.1) is 0 Å². The number of rotatable bonds is 6. The second-order valence-corrected chi connectivity index (χ2v) is 7.47. The van der Waals surface area contributed by atoms with E-state index in [1.807, 2.05) is 0 Å². The lowest BCUT2D eigenvalue weighted by Crippen LogP contribution is -2.34. The van der Waals surface area contributed by atoms with Gasteiger partial charge in [-0.3, -0.25) is 0 Å². The number of hydrogen-bond acceptors (Lipinski definition) is 1. The Morgan fingerprint density at radius 1 is 1.00 bits per heavy atom. The topological polar surface area (TPSA) is 20.2 Å². The van der Waals surface area contributed by atoms with Crippen molar-refractivity contribution in [2.24, 2.45) is 11.8 Å². The van der Waals surface area contributed by atoms with Crippen LogP contribution >= 0.6 is 22.6 Å². The van der Waals surface area contributed by atoms with Gasteiger partial charge < -0.3 is 5.11 Å². The molecule has 18 heavy (non-hydrogen) atoms. The van der Waals surface area contributed by atoms with Crippen LogP contribution in [-0.2, 0) is 6.42 Å². The largest absolute Gasteiger partial charge is 0.390 e. The number of benzene rings is 1. The molecule has 0 fully saturated rings. The lowest BCUT2D eigenvalue weighted by Gasteiger charge is -2.32. The zero-order chi connectivity index (χ0) is 13.8. The minimum atomic E-state index is -0.560. The second kappa shape index (κ2) is 6.90. The monoisotopic (exact) mass is 360 g/mol. The first kappa shape index (κ1) is 16.0. The predicted molar refractivity (Wildman–Crippen MR) is 86.7 cm³/mol. The van der Waals surface area contributed by atoms with E-state index in [9.17, 15) is 5.11 Å². The summed E-state index contributed by atoms with van der Waals surface area (Å²) in [6, 6.07) is 8.49. The van der Waals surface area contributed by atoms with Crippen LogP contribution in [0.1, 0.15) is 46.1 Å². The van der Waals surface area contributed by atoms with Gasteiger partial charge in [0, 0.05) is 9.99 Å². The Labute approximate surface area is 125 Å². The third-order valence-electron chi connectivity index (χ3n) is 3.02. The van der Waals surface area contributed by atoms with Crippen molar-refractivity contribution >= 4 is 22.6 Å². The number of halogens is 1. The van der Waals surface area contributed by atoms with Crippen LogP contribution in [0.4, 0.5) is 0 Å². The molecule has 0 aliphatic carbocycles. The Balaban J connectivity index is 2.80. The molecule has 0 spiro atoms. The second-order valence-electron chi connectivity index (χ2n) is 6.22. The molecule has 0 radical (unpaired) electrons. The molecule has 1 rings (SSSR count). The van der Waals surface area contributed by atoms with Crippen LogP contribution in [0.25, 0.3) is 0 Å². The number of hydrogen-bond donors (Lipinski definition) is 1. The van der Waals surface area contributed by atoms with E-state index >= 15 is 0 Å². The third-order valence-corrected chi connectivity index (χ3v) is 3.74. The molecule has 0 aromatic heterocycles. The van der Waals surface area contributed by atoms with E-state index < -0.39 is 5.60 Å². The molecule has 1 nitrogen and oxygen atoms in total. The zero-order valence-electron chi connectivity index (χ0n) is 11.9. The van der Waals surface area contributed by atoms with Crippen LogP contribution in [0.15, 0.2) is 24.3 Å². The molecule has 102 valence electrons. The highest BCUT2D eigenvalue weighted by Crippen LogP contribution is 2.28.